The highest BCUT2D eigenvalue weighted by Crippen LogP contribution is 2.27. The van der Waals surface area contributed by atoms with Crippen LogP contribution in [0.25, 0.3) is 0 Å². The predicted molar refractivity (Wildman–Crippen MR) is 68.5 cm³/mol. The lowest BCUT2D eigenvalue weighted by atomic mass is 10.1. The standard InChI is InChI=1S/C15H20O2/c1-2-14(16)13-9-5-6-10-15(13)17-11-12-7-3-4-8-12/h5-6,9-10,12H,2-4,7-8,11H2,1H3. The normalized spacial score (nSPS) is 16.1. The van der Waals surface area contributed by atoms with Crippen molar-refractivity contribution in [2.24, 2.45) is 5.92 Å². The molecule has 2 heteroatoms. The van der Waals surface area contributed by atoms with Gasteiger partial charge in [0, 0.05) is 6.42 Å². The molecule has 1 fully saturated rings. The van der Waals surface area contributed by atoms with E-state index in [-0.39, 0.29) is 5.78 Å². The van der Waals surface area contributed by atoms with Crippen LogP contribution in [0.2, 0.25) is 0 Å². The predicted octanol–water partition coefficient (Wildman–Crippen LogP) is 3.85. The molecule has 0 N–H and O–H groups in total. The first-order valence-electron chi connectivity index (χ1n) is 6.56. The summed E-state index contributed by atoms with van der Waals surface area (Å²) in [5.74, 6) is 1.60. The molecule has 1 aliphatic rings. The van der Waals surface area contributed by atoms with E-state index in [0.29, 0.717) is 12.3 Å². The number of carbonyl (C=O) groups is 1. The molecular weight excluding hydrogens is 212 g/mol. The van der Waals surface area contributed by atoms with Crippen LogP contribution >= 0.6 is 0 Å². The van der Waals surface area contributed by atoms with Crippen molar-refractivity contribution < 1.29 is 9.53 Å². The minimum absolute atomic E-state index is 0.159. The summed E-state index contributed by atoms with van der Waals surface area (Å²) < 4.78 is 5.82. The average molecular weight is 232 g/mol. The van der Waals surface area contributed by atoms with Gasteiger partial charge in [-0.15, -0.1) is 0 Å². The highest BCUT2D eigenvalue weighted by Gasteiger charge is 2.17. The molecule has 17 heavy (non-hydrogen) atoms. The lowest BCUT2D eigenvalue weighted by molar-refractivity contribution is 0.0983. The Hall–Kier alpha value is -1.31. The number of para-hydroxylation sites is 1. The molecule has 2 nitrogen and oxygen atoms in total. The number of ether oxygens (including phenoxy) is 1. The van der Waals surface area contributed by atoms with E-state index in [9.17, 15) is 4.79 Å². The van der Waals surface area contributed by atoms with Gasteiger partial charge in [0.15, 0.2) is 5.78 Å². The number of benzene rings is 1. The fourth-order valence-corrected chi connectivity index (χ4v) is 2.40. The molecule has 0 bridgehead atoms. The van der Waals surface area contributed by atoms with Crippen LogP contribution < -0.4 is 4.74 Å². The second-order valence-corrected chi connectivity index (χ2v) is 4.73. The summed E-state index contributed by atoms with van der Waals surface area (Å²) >= 11 is 0. The first-order chi connectivity index (χ1) is 8.31. The SMILES string of the molecule is CCC(=O)c1ccccc1OCC1CCCC1. The Bertz CT molecular complexity index is 378. The van der Waals surface area contributed by atoms with Gasteiger partial charge in [-0.05, 0) is 30.9 Å². The van der Waals surface area contributed by atoms with Gasteiger partial charge < -0.3 is 4.74 Å². The van der Waals surface area contributed by atoms with E-state index >= 15 is 0 Å². The molecule has 1 saturated carbocycles. The van der Waals surface area contributed by atoms with Gasteiger partial charge in [0.1, 0.15) is 5.75 Å². The maximum Gasteiger partial charge on any atom is 0.166 e. The summed E-state index contributed by atoms with van der Waals surface area (Å²) in [6, 6.07) is 7.58. The Morgan fingerprint density at radius 1 is 1.29 bits per heavy atom. The summed E-state index contributed by atoms with van der Waals surface area (Å²) in [6.07, 6.45) is 5.71. The molecular formula is C15H20O2. The van der Waals surface area contributed by atoms with Crippen LogP contribution in [0.5, 0.6) is 5.75 Å². The molecule has 0 spiro atoms. The summed E-state index contributed by atoms with van der Waals surface area (Å²) in [6.45, 7) is 2.64. The third-order valence-electron chi connectivity index (χ3n) is 3.46. The molecule has 1 aliphatic carbocycles. The molecule has 1 aromatic carbocycles. The number of rotatable bonds is 5. The van der Waals surface area contributed by atoms with E-state index in [1.165, 1.54) is 25.7 Å². The molecule has 2 rings (SSSR count). The van der Waals surface area contributed by atoms with Crippen molar-refractivity contribution in [3.05, 3.63) is 29.8 Å². The molecule has 0 atom stereocenters. The van der Waals surface area contributed by atoms with Crippen LogP contribution in [0.1, 0.15) is 49.4 Å². The minimum Gasteiger partial charge on any atom is -0.493 e. The van der Waals surface area contributed by atoms with Crippen molar-refractivity contribution in [1.29, 1.82) is 0 Å². The van der Waals surface area contributed by atoms with E-state index in [0.717, 1.165) is 17.9 Å². The zero-order valence-electron chi connectivity index (χ0n) is 10.4. The van der Waals surface area contributed by atoms with Crippen molar-refractivity contribution >= 4 is 5.78 Å². The highest BCUT2D eigenvalue weighted by molar-refractivity contribution is 5.98. The van der Waals surface area contributed by atoms with Gasteiger partial charge in [-0.1, -0.05) is 31.9 Å². The lowest BCUT2D eigenvalue weighted by Gasteiger charge is -2.13. The molecule has 92 valence electrons. The van der Waals surface area contributed by atoms with Crippen molar-refractivity contribution in [1.82, 2.24) is 0 Å². The van der Waals surface area contributed by atoms with E-state index < -0.39 is 0 Å². The third-order valence-corrected chi connectivity index (χ3v) is 3.46. The zero-order chi connectivity index (χ0) is 12.1. The molecule has 0 heterocycles. The van der Waals surface area contributed by atoms with Gasteiger partial charge in [0.25, 0.3) is 0 Å². The molecule has 0 aliphatic heterocycles. The number of carbonyl (C=O) groups excluding carboxylic acids is 1. The summed E-state index contributed by atoms with van der Waals surface area (Å²) in [7, 11) is 0. The lowest BCUT2D eigenvalue weighted by Crippen LogP contribution is -2.10. The van der Waals surface area contributed by atoms with Crippen molar-refractivity contribution in [2.45, 2.75) is 39.0 Å². The van der Waals surface area contributed by atoms with Gasteiger partial charge in [-0.2, -0.15) is 0 Å². The van der Waals surface area contributed by atoms with E-state index in [2.05, 4.69) is 0 Å². The van der Waals surface area contributed by atoms with Crippen molar-refractivity contribution in [2.75, 3.05) is 6.61 Å². The zero-order valence-corrected chi connectivity index (χ0v) is 10.4. The summed E-state index contributed by atoms with van der Waals surface area (Å²) in [5, 5.41) is 0. The Morgan fingerprint density at radius 2 is 2.00 bits per heavy atom. The van der Waals surface area contributed by atoms with E-state index in [4.69, 9.17) is 4.74 Å². The van der Waals surface area contributed by atoms with Crippen molar-refractivity contribution in [3.63, 3.8) is 0 Å². The first kappa shape index (κ1) is 12.2. The number of ketones is 1. The van der Waals surface area contributed by atoms with Crippen LogP contribution in [-0.2, 0) is 0 Å². The van der Waals surface area contributed by atoms with Crippen molar-refractivity contribution in [3.8, 4) is 5.75 Å². The molecule has 1 aromatic rings. The van der Waals surface area contributed by atoms with Crippen LogP contribution in [0.15, 0.2) is 24.3 Å². The number of Topliss-reactive ketones (excluding diaryl/α,β-unsaturated/α-hetero) is 1. The Morgan fingerprint density at radius 3 is 2.71 bits per heavy atom. The smallest absolute Gasteiger partial charge is 0.166 e. The maximum absolute atomic E-state index is 11.8. The molecule has 0 aromatic heterocycles. The van der Waals surface area contributed by atoms with Gasteiger partial charge in [0.2, 0.25) is 0 Å². The Balaban J connectivity index is 2.01. The van der Waals surface area contributed by atoms with Crippen LogP contribution in [0.3, 0.4) is 0 Å². The second kappa shape index (κ2) is 5.85. The Labute approximate surface area is 103 Å². The van der Waals surface area contributed by atoms with Crippen LogP contribution in [0, 0.1) is 5.92 Å². The first-order valence-corrected chi connectivity index (χ1v) is 6.56. The monoisotopic (exact) mass is 232 g/mol. The quantitative estimate of drug-likeness (QED) is 0.721. The summed E-state index contributed by atoms with van der Waals surface area (Å²) in [5.41, 5.74) is 0.730. The van der Waals surface area contributed by atoms with Gasteiger partial charge in [-0.3, -0.25) is 4.79 Å². The van der Waals surface area contributed by atoms with E-state index in [1.807, 2.05) is 31.2 Å². The topological polar surface area (TPSA) is 26.3 Å². The van der Waals surface area contributed by atoms with E-state index in [1.54, 1.807) is 0 Å². The fourth-order valence-electron chi connectivity index (χ4n) is 2.40. The fraction of sp³-hybridized carbons (Fsp3) is 0.533. The summed E-state index contributed by atoms with van der Waals surface area (Å²) in [4.78, 5) is 11.8. The third kappa shape index (κ3) is 3.09. The van der Waals surface area contributed by atoms with Gasteiger partial charge in [-0.25, -0.2) is 0 Å². The van der Waals surface area contributed by atoms with Gasteiger partial charge in [0.05, 0.1) is 12.2 Å². The molecule has 0 amide bonds. The second-order valence-electron chi connectivity index (χ2n) is 4.73. The van der Waals surface area contributed by atoms with Crippen LogP contribution in [0.4, 0.5) is 0 Å². The minimum atomic E-state index is 0.159. The largest absolute Gasteiger partial charge is 0.493 e. The number of hydrogen-bond donors (Lipinski definition) is 0. The van der Waals surface area contributed by atoms with Crippen LogP contribution in [-0.4, -0.2) is 12.4 Å². The molecule has 0 saturated heterocycles. The maximum atomic E-state index is 11.8. The molecule has 0 radical (unpaired) electrons. The molecule has 0 unspecified atom stereocenters. The van der Waals surface area contributed by atoms with Gasteiger partial charge >= 0.3 is 0 Å². The number of hydrogen-bond acceptors (Lipinski definition) is 2. The average Bonchev–Trinajstić information content (AvgIpc) is 2.89. The highest BCUT2D eigenvalue weighted by atomic mass is 16.5. The Kier molecular flexibility index (Phi) is 4.18.